The maximum absolute atomic E-state index is 13.7. The van der Waals surface area contributed by atoms with Crippen LogP contribution in [-0.2, 0) is 15.6 Å². The second-order valence-corrected chi connectivity index (χ2v) is 9.36. The number of benzene rings is 1. The summed E-state index contributed by atoms with van der Waals surface area (Å²) in [5, 5.41) is 11.2. The van der Waals surface area contributed by atoms with Crippen LogP contribution < -0.4 is 10.9 Å². The van der Waals surface area contributed by atoms with Gasteiger partial charge in [0, 0.05) is 35.5 Å². The van der Waals surface area contributed by atoms with Crippen LogP contribution in [0.2, 0.25) is 0 Å². The molecular weight excluding hydrogens is 424 g/mol. The summed E-state index contributed by atoms with van der Waals surface area (Å²) < 4.78 is 0. The molecule has 0 saturated heterocycles. The molecule has 10 nitrogen and oxygen atoms in total. The van der Waals surface area contributed by atoms with Gasteiger partial charge in [0.15, 0.2) is 0 Å². The van der Waals surface area contributed by atoms with Crippen LogP contribution >= 0.6 is 0 Å². The highest BCUT2D eigenvalue weighted by Gasteiger charge is 2.73. The van der Waals surface area contributed by atoms with E-state index in [0.29, 0.717) is 28.7 Å². The van der Waals surface area contributed by atoms with Gasteiger partial charge in [0.05, 0.1) is 27.3 Å². The number of carbonyl (C=O) groups is 2. The molecule has 2 aliphatic carbocycles. The number of amides is 2. The molecule has 1 fully saturated rings. The topological polar surface area (TPSA) is 140 Å². The van der Waals surface area contributed by atoms with Crippen molar-refractivity contribution in [2.75, 3.05) is 0 Å². The zero-order chi connectivity index (χ0) is 23.6. The van der Waals surface area contributed by atoms with Gasteiger partial charge in [-0.3, -0.25) is 35.5 Å². The SMILES string of the molecule is CC12CCC(C(=O)NNC(=O)c3ccncc3)(c3nc4cc([N+](=O)[O-])ccc4nc31)C2(C)C. The highest BCUT2D eigenvalue weighted by atomic mass is 16.6. The lowest BCUT2D eigenvalue weighted by Gasteiger charge is -2.39. The lowest BCUT2D eigenvalue weighted by Crippen LogP contribution is -2.55. The van der Waals surface area contributed by atoms with Crippen LogP contribution in [0.25, 0.3) is 11.0 Å². The van der Waals surface area contributed by atoms with Gasteiger partial charge >= 0.3 is 0 Å². The van der Waals surface area contributed by atoms with Gasteiger partial charge in [-0.05, 0) is 36.5 Å². The van der Waals surface area contributed by atoms with Crippen LogP contribution in [-0.4, -0.2) is 31.7 Å². The smallest absolute Gasteiger partial charge is 0.271 e. The third-order valence-corrected chi connectivity index (χ3v) is 7.85. The number of nitro groups is 1. The Morgan fingerprint density at radius 3 is 2.36 bits per heavy atom. The standard InChI is InChI=1S/C23H22N6O4/c1-21(2)22(3)8-9-23(21,20(31)28-27-19(30)13-6-10-24-11-7-13)18-17(22)25-15-5-4-14(29(32)33)12-16(15)26-18/h4-7,10-12H,8-9H2,1-3H3,(H,27,30)(H,28,31). The van der Waals surface area contributed by atoms with E-state index in [4.69, 9.17) is 9.97 Å². The van der Waals surface area contributed by atoms with Gasteiger partial charge in [-0.2, -0.15) is 0 Å². The fraction of sp³-hybridized carbons (Fsp3) is 0.348. The lowest BCUT2D eigenvalue weighted by molar-refractivity contribution is -0.384. The number of hydrogen-bond acceptors (Lipinski definition) is 7. The molecule has 33 heavy (non-hydrogen) atoms. The predicted molar refractivity (Wildman–Crippen MR) is 118 cm³/mol. The molecule has 1 aromatic carbocycles. The Morgan fingerprint density at radius 1 is 0.970 bits per heavy atom. The van der Waals surface area contributed by atoms with Gasteiger partial charge in [-0.25, -0.2) is 9.97 Å². The van der Waals surface area contributed by atoms with E-state index in [1.165, 1.54) is 24.5 Å². The van der Waals surface area contributed by atoms with Crippen molar-refractivity contribution in [1.82, 2.24) is 25.8 Å². The fourth-order valence-electron chi connectivity index (χ4n) is 5.50. The predicted octanol–water partition coefficient (Wildman–Crippen LogP) is 2.72. The zero-order valence-corrected chi connectivity index (χ0v) is 18.4. The average molecular weight is 446 g/mol. The minimum Gasteiger partial charge on any atom is -0.272 e. The normalized spacial score (nSPS) is 24.3. The number of nitrogens with one attached hydrogen (secondary N) is 2. The van der Waals surface area contributed by atoms with E-state index in [2.05, 4.69) is 22.8 Å². The highest BCUT2D eigenvalue weighted by molar-refractivity contribution is 5.98. The van der Waals surface area contributed by atoms with E-state index in [9.17, 15) is 19.7 Å². The van der Waals surface area contributed by atoms with Crippen LogP contribution in [0.15, 0.2) is 42.7 Å². The maximum atomic E-state index is 13.7. The second kappa shape index (κ2) is 6.77. The van der Waals surface area contributed by atoms with Gasteiger partial charge in [-0.1, -0.05) is 20.8 Å². The summed E-state index contributed by atoms with van der Waals surface area (Å²) in [7, 11) is 0. The molecule has 2 atom stereocenters. The Kier molecular flexibility index (Phi) is 4.29. The Labute approximate surface area is 189 Å². The molecule has 10 heteroatoms. The van der Waals surface area contributed by atoms with Crippen LogP contribution in [0, 0.1) is 15.5 Å². The van der Waals surface area contributed by atoms with Crippen molar-refractivity contribution in [1.29, 1.82) is 0 Å². The minimum atomic E-state index is -1.05. The van der Waals surface area contributed by atoms with Crippen LogP contribution in [0.3, 0.4) is 0 Å². The van der Waals surface area contributed by atoms with E-state index in [0.717, 1.165) is 12.1 Å². The Bertz CT molecular complexity index is 1340. The molecule has 2 aliphatic rings. The van der Waals surface area contributed by atoms with Gasteiger partial charge in [0.2, 0.25) is 0 Å². The molecule has 2 bridgehead atoms. The van der Waals surface area contributed by atoms with Crippen LogP contribution in [0.1, 0.15) is 55.4 Å². The molecule has 2 amide bonds. The number of carbonyl (C=O) groups excluding carboxylic acids is 2. The summed E-state index contributed by atoms with van der Waals surface area (Å²) in [4.78, 5) is 50.4. The molecule has 168 valence electrons. The van der Waals surface area contributed by atoms with Gasteiger partial charge in [-0.15, -0.1) is 0 Å². The van der Waals surface area contributed by atoms with Crippen molar-refractivity contribution in [2.45, 2.75) is 44.4 Å². The molecule has 2 aromatic heterocycles. The Morgan fingerprint density at radius 2 is 1.67 bits per heavy atom. The first kappa shape index (κ1) is 20.9. The zero-order valence-electron chi connectivity index (χ0n) is 18.4. The molecule has 0 spiro atoms. The van der Waals surface area contributed by atoms with Crippen molar-refractivity contribution in [2.24, 2.45) is 5.41 Å². The first-order valence-electron chi connectivity index (χ1n) is 10.6. The van der Waals surface area contributed by atoms with Gasteiger partial charge in [0.25, 0.3) is 17.5 Å². The van der Waals surface area contributed by atoms with E-state index in [-0.39, 0.29) is 11.6 Å². The van der Waals surface area contributed by atoms with Crippen LogP contribution in [0.5, 0.6) is 0 Å². The van der Waals surface area contributed by atoms with Gasteiger partial charge in [0.1, 0.15) is 5.41 Å². The molecule has 3 aromatic rings. The van der Waals surface area contributed by atoms with Crippen molar-refractivity contribution >= 4 is 28.5 Å². The van der Waals surface area contributed by atoms with Gasteiger partial charge < -0.3 is 0 Å². The summed E-state index contributed by atoms with van der Waals surface area (Å²) in [6.45, 7) is 6.11. The molecule has 0 aliphatic heterocycles. The summed E-state index contributed by atoms with van der Waals surface area (Å²) in [5.74, 6) is -0.837. The number of non-ortho nitro benzene ring substituents is 1. The third kappa shape index (κ3) is 2.63. The average Bonchev–Trinajstić information content (AvgIpc) is 3.10. The third-order valence-electron chi connectivity index (χ3n) is 7.85. The maximum Gasteiger partial charge on any atom is 0.271 e. The number of pyridine rings is 1. The summed E-state index contributed by atoms with van der Waals surface area (Å²) >= 11 is 0. The van der Waals surface area contributed by atoms with E-state index >= 15 is 0 Å². The molecule has 2 unspecified atom stereocenters. The van der Waals surface area contributed by atoms with Crippen molar-refractivity contribution in [3.05, 3.63) is 69.8 Å². The molecule has 5 rings (SSSR count). The van der Waals surface area contributed by atoms with E-state index in [1.54, 1.807) is 18.2 Å². The molecule has 2 N–H and O–H groups in total. The largest absolute Gasteiger partial charge is 0.272 e. The Hall–Kier alpha value is -3.95. The number of nitrogens with zero attached hydrogens (tertiary/aromatic N) is 4. The summed E-state index contributed by atoms with van der Waals surface area (Å²) in [6.07, 6.45) is 4.24. The number of hydrazine groups is 1. The second-order valence-electron chi connectivity index (χ2n) is 9.36. The number of rotatable bonds is 3. The highest BCUT2D eigenvalue weighted by Crippen LogP contribution is 2.70. The number of aromatic nitrogens is 3. The molecular formula is C23H22N6O4. The lowest BCUT2D eigenvalue weighted by atomic mass is 9.63. The molecule has 2 heterocycles. The number of fused-ring (bicyclic) bond motifs is 6. The van der Waals surface area contributed by atoms with E-state index in [1.807, 2.05) is 13.8 Å². The van der Waals surface area contributed by atoms with Crippen LogP contribution in [0.4, 0.5) is 5.69 Å². The number of hydrogen-bond donors (Lipinski definition) is 2. The van der Waals surface area contributed by atoms with E-state index < -0.39 is 27.1 Å². The number of nitro benzene ring substituents is 1. The summed E-state index contributed by atoms with van der Waals surface area (Å²) in [5.41, 5.74) is 5.50. The van der Waals surface area contributed by atoms with Crippen molar-refractivity contribution < 1.29 is 14.5 Å². The first-order valence-corrected chi connectivity index (χ1v) is 10.6. The first-order chi connectivity index (χ1) is 15.6. The van der Waals surface area contributed by atoms with Crippen molar-refractivity contribution in [3.8, 4) is 0 Å². The Balaban J connectivity index is 1.57. The minimum absolute atomic E-state index is 0.0894. The monoisotopic (exact) mass is 446 g/mol. The molecule has 0 radical (unpaired) electrons. The van der Waals surface area contributed by atoms with Crippen molar-refractivity contribution in [3.63, 3.8) is 0 Å². The molecule has 1 saturated carbocycles. The summed E-state index contributed by atoms with van der Waals surface area (Å²) in [6, 6.07) is 7.46. The fourth-order valence-corrected chi connectivity index (χ4v) is 5.50. The quantitative estimate of drug-likeness (QED) is 0.466.